The first-order valence-corrected chi connectivity index (χ1v) is 9.79. The topological polar surface area (TPSA) is 55.8 Å². The Morgan fingerprint density at radius 3 is 2.07 bits per heavy atom. The molecule has 0 amide bonds. The van der Waals surface area contributed by atoms with Gasteiger partial charge in [0.2, 0.25) is 0 Å². The van der Waals surface area contributed by atoms with Gasteiger partial charge in [-0.3, -0.25) is 14.5 Å². The van der Waals surface area contributed by atoms with Crippen LogP contribution in [-0.4, -0.2) is 42.6 Å². The Morgan fingerprint density at radius 1 is 0.929 bits per heavy atom. The van der Waals surface area contributed by atoms with E-state index in [1.54, 1.807) is 18.7 Å². The van der Waals surface area contributed by atoms with Gasteiger partial charge in [-0.05, 0) is 25.0 Å². The van der Waals surface area contributed by atoms with Crippen molar-refractivity contribution in [2.24, 2.45) is 0 Å². The zero-order valence-electron chi connectivity index (χ0n) is 16.2. The van der Waals surface area contributed by atoms with Crippen LogP contribution in [0.5, 0.6) is 0 Å². The van der Waals surface area contributed by atoms with Crippen LogP contribution >= 0.6 is 11.6 Å². The van der Waals surface area contributed by atoms with Crippen LogP contribution in [0, 0.1) is 0 Å². The van der Waals surface area contributed by atoms with Gasteiger partial charge in [-0.1, -0.05) is 60.7 Å². The lowest BCUT2D eigenvalue weighted by molar-refractivity contribution is -0.153. The second-order valence-electron chi connectivity index (χ2n) is 6.20. The Balaban J connectivity index is 2.37. The highest BCUT2D eigenvalue weighted by atomic mass is 35.5. The highest BCUT2D eigenvalue weighted by Gasteiger charge is 2.36. The van der Waals surface area contributed by atoms with E-state index in [1.165, 1.54) is 0 Å². The Hall–Kier alpha value is -2.37. The number of hydrogen-bond donors (Lipinski definition) is 0. The average molecular weight is 404 g/mol. The predicted molar refractivity (Wildman–Crippen MR) is 109 cm³/mol. The summed E-state index contributed by atoms with van der Waals surface area (Å²) in [6.07, 6.45) is 0. The molecule has 0 bridgehead atoms. The second kappa shape index (κ2) is 11.5. The molecule has 0 saturated carbocycles. The summed E-state index contributed by atoms with van der Waals surface area (Å²) in [5.41, 5.74) is 1.74. The third-order valence-electron chi connectivity index (χ3n) is 4.18. The third-order valence-corrected chi connectivity index (χ3v) is 4.67. The van der Waals surface area contributed by atoms with E-state index in [-0.39, 0.29) is 19.8 Å². The van der Waals surface area contributed by atoms with Gasteiger partial charge in [0, 0.05) is 6.54 Å². The van der Waals surface area contributed by atoms with Crippen LogP contribution in [-0.2, 0) is 25.6 Å². The lowest BCUT2D eigenvalue weighted by Crippen LogP contribution is -2.47. The van der Waals surface area contributed by atoms with Crippen molar-refractivity contribution in [2.45, 2.75) is 31.8 Å². The van der Waals surface area contributed by atoms with Crippen LogP contribution in [0.2, 0.25) is 0 Å². The number of hydrogen-bond acceptors (Lipinski definition) is 5. The summed E-state index contributed by atoms with van der Waals surface area (Å²) in [6, 6.07) is 18.1. The van der Waals surface area contributed by atoms with Crippen molar-refractivity contribution in [3.8, 4) is 0 Å². The van der Waals surface area contributed by atoms with E-state index in [1.807, 2.05) is 60.7 Å². The maximum absolute atomic E-state index is 12.8. The predicted octanol–water partition coefficient (Wildman–Crippen LogP) is 3.96. The first-order valence-electron chi connectivity index (χ1n) is 9.36. The highest BCUT2D eigenvalue weighted by molar-refractivity contribution is 6.22. The molecule has 0 saturated heterocycles. The number of rotatable bonds is 10. The summed E-state index contributed by atoms with van der Waals surface area (Å²) in [7, 11) is 0. The molecule has 0 unspecified atom stereocenters. The summed E-state index contributed by atoms with van der Waals surface area (Å²) in [6.45, 7) is 4.28. The van der Waals surface area contributed by atoms with E-state index in [0.29, 0.717) is 6.54 Å². The fraction of sp³-hybridized carbons (Fsp3) is 0.364. The molecule has 0 aliphatic heterocycles. The van der Waals surface area contributed by atoms with Crippen molar-refractivity contribution in [3.63, 3.8) is 0 Å². The monoisotopic (exact) mass is 403 g/mol. The summed E-state index contributed by atoms with van der Waals surface area (Å²) in [4.78, 5) is 26.8. The van der Waals surface area contributed by atoms with Gasteiger partial charge in [0.05, 0.1) is 25.1 Å². The van der Waals surface area contributed by atoms with Crippen LogP contribution in [0.15, 0.2) is 60.7 Å². The number of esters is 2. The quantitative estimate of drug-likeness (QED) is 0.444. The van der Waals surface area contributed by atoms with E-state index >= 15 is 0 Å². The summed E-state index contributed by atoms with van der Waals surface area (Å²) in [5.74, 6) is -0.878. The number of alkyl halides is 1. The fourth-order valence-electron chi connectivity index (χ4n) is 2.94. The molecule has 2 atom stereocenters. The largest absolute Gasteiger partial charge is 0.465 e. The number of nitrogens with zero attached hydrogens (tertiary/aromatic N) is 1. The Bertz CT molecular complexity index is 739. The molecule has 2 aromatic carbocycles. The van der Waals surface area contributed by atoms with E-state index in [4.69, 9.17) is 21.1 Å². The molecule has 0 N–H and O–H groups in total. The molecule has 2 rings (SSSR count). The number of ether oxygens (including phenoxy) is 2. The minimum atomic E-state index is -0.839. The van der Waals surface area contributed by atoms with Crippen molar-refractivity contribution in [2.75, 3.05) is 19.8 Å². The second-order valence-corrected chi connectivity index (χ2v) is 6.68. The van der Waals surface area contributed by atoms with Crippen molar-refractivity contribution < 1.29 is 19.1 Å². The molecule has 0 aromatic heterocycles. The number of carbonyl (C=O) groups excluding carboxylic acids is 2. The van der Waals surface area contributed by atoms with Gasteiger partial charge in [-0.2, -0.15) is 0 Å². The standard InChI is InChI=1S/C22H26ClNO4/c1-3-27-19(25)16-24(15-17-11-7-5-8-12-17)21(22(26)28-4-2)20(23)18-13-9-6-10-14-18/h5-14,20-21H,3-4,15-16H2,1-2H3/t20-,21-/m0/s1. The van der Waals surface area contributed by atoms with Gasteiger partial charge in [0.15, 0.2) is 0 Å². The van der Waals surface area contributed by atoms with Crippen molar-refractivity contribution in [3.05, 3.63) is 71.8 Å². The summed E-state index contributed by atoms with van der Waals surface area (Å²) in [5, 5.41) is -0.682. The van der Waals surface area contributed by atoms with E-state index in [0.717, 1.165) is 11.1 Å². The SMILES string of the molecule is CCOC(=O)CN(Cc1ccccc1)[C@H](C(=O)OCC)[C@@H](Cl)c1ccccc1. The number of carbonyl (C=O) groups is 2. The molecule has 0 aliphatic carbocycles. The molecular formula is C22H26ClNO4. The van der Waals surface area contributed by atoms with Gasteiger partial charge >= 0.3 is 11.9 Å². The highest BCUT2D eigenvalue weighted by Crippen LogP contribution is 2.30. The zero-order chi connectivity index (χ0) is 20.4. The van der Waals surface area contributed by atoms with Crippen LogP contribution in [0.3, 0.4) is 0 Å². The van der Waals surface area contributed by atoms with E-state index in [2.05, 4.69) is 0 Å². The van der Waals surface area contributed by atoms with Gasteiger partial charge in [-0.25, -0.2) is 0 Å². The van der Waals surface area contributed by atoms with Crippen LogP contribution < -0.4 is 0 Å². The summed E-state index contributed by atoms with van der Waals surface area (Å²) < 4.78 is 10.4. The van der Waals surface area contributed by atoms with Crippen LogP contribution in [0.25, 0.3) is 0 Å². The van der Waals surface area contributed by atoms with E-state index in [9.17, 15) is 9.59 Å². The van der Waals surface area contributed by atoms with Crippen molar-refractivity contribution in [1.82, 2.24) is 4.90 Å². The van der Waals surface area contributed by atoms with Crippen molar-refractivity contribution in [1.29, 1.82) is 0 Å². The molecule has 0 aliphatic rings. The fourth-order valence-corrected chi connectivity index (χ4v) is 3.35. The van der Waals surface area contributed by atoms with Gasteiger partial charge in [0.1, 0.15) is 6.04 Å². The number of halogens is 1. The maximum atomic E-state index is 12.8. The van der Waals surface area contributed by atoms with Crippen LogP contribution in [0.4, 0.5) is 0 Å². The molecule has 2 aromatic rings. The Morgan fingerprint density at radius 2 is 1.50 bits per heavy atom. The number of benzene rings is 2. The third kappa shape index (κ3) is 6.36. The zero-order valence-corrected chi connectivity index (χ0v) is 17.0. The first-order chi connectivity index (χ1) is 13.6. The Kier molecular flexibility index (Phi) is 8.98. The van der Waals surface area contributed by atoms with Gasteiger partial charge in [-0.15, -0.1) is 11.6 Å². The van der Waals surface area contributed by atoms with Gasteiger partial charge in [0.25, 0.3) is 0 Å². The molecule has 0 radical (unpaired) electrons. The maximum Gasteiger partial charge on any atom is 0.325 e. The lowest BCUT2D eigenvalue weighted by atomic mass is 10.0. The molecule has 150 valence electrons. The molecule has 5 nitrogen and oxygen atoms in total. The average Bonchev–Trinajstić information content (AvgIpc) is 2.70. The smallest absolute Gasteiger partial charge is 0.325 e. The van der Waals surface area contributed by atoms with Crippen molar-refractivity contribution >= 4 is 23.5 Å². The first kappa shape index (κ1) is 21.9. The Labute approximate surface area is 171 Å². The van der Waals surface area contributed by atoms with Crippen LogP contribution in [0.1, 0.15) is 30.4 Å². The molecule has 6 heteroatoms. The summed E-state index contributed by atoms with van der Waals surface area (Å²) >= 11 is 6.73. The van der Waals surface area contributed by atoms with E-state index < -0.39 is 23.4 Å². The minimum Gasteiger partial charge on any atom is -0.465 e. The minimum absolute atomic E-state index is 0.0672. The molecule has 0 spiro atoms. The molecule has 0 heterocycles. The molecular weight excluding hydrogens is 378 g/mol. The normalized spacial score (nSPS) is 13.0. The van der Waals surface area contributed by atoms with Gasteiger partial charge < -0.3 is 9.47 Å². The lowest BCUT2D eigenvalue weighted by Gasteiger charge is -2.32. The molecule has 28 heavy (non-hydrogen) atoms. The molecule has 0 fully saturated rings.